The summed E-state index contributed by atoms with van der Waals surface area (Å²) in [6.07, 6.45) is 1.63. The van der Waals surface area contributed by atoms with E-state index in [2.05, 4.69) is 6.92 Å². The van der Waals surface area contributed by atoms with Gasteiger partial charge in [-0.05, 0) is 25.2 Å². The summed E-state index contributed by atoms with van der Waals surface area (Å²) < 4.78 is 12.8. The molecule has 0 aromatic heterocycles. The average Bonchev–Trinajstić information content (AvgIpc) is 1.95. The van der Waals surface area contributed by atoms with Crippen LogP contribution in [0.25, 0.3) is 0 Å². The monoisotopic (exact) mass is 146 g/mol. The minimum atomic E-state index is -0.960. The van der Waals surface area contributed by atoms with E-state index >= 15 is 0 Å². The molecule has 1 nitrogen and oxygen atoms in total. The van der Waals surface area contributed by atoms with Gasteiger partial charge in [-0.2, -0.15) is 0 Å². The molecular formula is C8H15FO. The normalized spacial score (nSPS) is 41.7. The summed E-state index contributed by atoms with van der Waals surface area (Å²) in [5, 5.41) is 9.02. The lowest BCUT2D eigenvalue weighted by Crippen LogP contribution is -2.30. The van der Waals surface area contributed by atoms with Crippen molar-refractivity contribution in [3.63, 3.8) is 0 Å². The fraction of sp³-hybridized carbons (Fsp3) is 1.00. The van der Waals surface area contributed by atoms with Crippen LogP contribution in [0.3, 0.4) is 0 Å². The van der Waals surface area contributed by atoms with E-state index < -0.39 is 12.3 Å². The molecule has 0 saturated heterocycles. The summed E-state index contributed by atoms with van der Waals surface area (Å²) in [6, 6.07) is 0. The third-order valence-electron chi connectivity index (χ3n) is 2.42. The number of aliphatic hydroxyl groups excluding tert-OH is 1. The van der Waals surface area contributed by atoms with Gasteiger partial charge >= 0.3 is 0 Å². The Morgan fingerprint density at radius 3 is 2.70 bits per heavy atom. The summed E-state index contributed by atoms with van der Waals surface area (Å²) in [7, 11) is 0. The molecule has 1 N–H and O–H groups in total. The standard InChI is InChI=1S/C8H15FO/c1-2-6-3-4-8(10)7(9)5-6/h6-8,10H,2-5H2,1H3/t6-,7-,8-/m1/s1. The molecule has 0 heterocycles. The van der Waals surface area contributed by atoms with Crippen molar-refractivity contribution in [1.82, 2.24) is 0 Å². The Labute approximate surface area is 61.2 Å². The lowest BCUT2D eigenvalue weighted by atomic mass is 9.85. The summed E-state index contributed by atoms with van der Waals surface area (Å²) in [5.74, 6) is 0.512. The van der Waals surface area contributed by atoms with E-state index in [1.54, 1.807) is 0 Å². The lowest BCUT2D eigenvalue weighted by Gasteiger charge is -2.27. The maximum Gasteiger partial charge on any atom is 0.126 e. The van der Waals surface area contributed by atoms with Crippen molar-refractivity contribution in [2.24, 2.45) is 5.92 Å². The number of hydrogen-bond donors (Lipinski definition) is 1. The SMILES string of the molecule is CC[C@@H]1CC[C@@H](O)[C@H](F)C1. The van der Waals surface area contributed by atoms with E-state index in [0.29, 0.717) is 18.8 Å². The van der Waals surface area contributed by atoms with Gasteiger partial charge in [0.1, 0.15) is 6.17 Å². The van der Waals surface area contributed by atoms with Crippen LogP contribution in [0.2, 0.25) is 0 Å². The molecule has 0 unspecified atom stereocenters. The molecule has 0 aromatic rings. The number of hydrogen-bond acceptors (Lipinski definition) is 1. The second kappa shape index (κ2) is 3.33. The summed E-state index contributed by atoms with van der Waals surface area (Å²) >= 11 is 0. The largest absolute Gasteiger partial charge is 0.390 e. The van der Waals surface area contributed by atoms with Crippen molar-refractivity contribution >= 4 is 0 Å². The van der Waals surface area contributed by atoms with Crippen molar-refractivity contribution in [3.05, 3.63) is 0 Å². The smallest absolute Gasteiger partial charge is 0.126 e. The Morgan fingerprint density at radius 2 is 2.20 bits per heavy atom. The number of halogens is 1. The van der Waals surface area contributed by atoms with Gasteiger partial charge in [-0.1, -0.05) is 13.3 Å². The molecule has 10 heavy (non-hydrogen) atoms. The fourth-order valence-electron chi connectivity index (χ4n) is 1.55. The summed E-state index contributed by atoms with van der Waals surface area (Å²) in [4.78, 5) is 0. The van der Waals surface area contributed by atoms with E-state index in [1.807, 2.05) is 0 Å². The molecule has 0 radical (unpaired) electrons. The quantitative estimate of drug-likeness (QED) is 0.599. The van der Waals surface area contributed by atoms with Crippen LogP contribution in [0.15, 0.2) is 0 Å². The predicted molar refractivity (Wildman–Crippen MR) is 38.5 cm³/mol. The van der Waals surface area contributed by atoms with Crippen molar-refractivity contribution in [1.29, 1.82) is 0 Å². The van der Waals surface area contributed by atoms with E-state index in [0.717, 1.165) is 12.8 Å². The molecule has 0 amide bonds. The summed E-state index contributed by atoms with van der Waals surface area (Å²) in [6.45, 7) is 2.08. The predicted octanol–water partition coefficient (Wildman–Crippen LogP) is 1.90. The molecule has 3 atom stereocenters. The van der Waals surface area contributed by atoms with Gasteiger partial charge in [0.05, 0.1) is 6.10 Å². The van der Waals surface area contributed by atoms with Gasteiger partial charge in [-0.15, -0.1) is 0 Å². The van der Waals surface area contributed by atoms with Gasteiger partial charge in [0.2, 0.25) is 0 Å². The molecule has 1 aliphatic carbocycles. The van der Waals surface area contributed by atoms with Crippen LogP contribution >= 0.6 is 0 Å². The minimum Gasteiger partial charge on any atom is -0.390 e. The van der Waals surface area contributed by atoms with Crippen LogP contribution in [0, 0.1) is 5.92 Å². The van der Waals surface area contributed by atoms with E-state index in [4.69, 9.17) is 5.11 Å². The van der Waals surface area contributed by atoms with Gasteiger partial charge in [0.15, 0.2) is 0 Å². The van der Waals surface area contributed by atoms with E-state index in [-0.39, 0.29) is 0 Å². The Bertz CT molecular complexity index is 105. The summed E-state index contributed by atoms with van der Waals surface area (Å²) in [5.41, 5.74) is 0. The van der Waals surface area contributed by atoms with Gasteiger partial charge in [0.25, 0.3) is 0 Å². The maximum atomic E-state index is 12.8. The molecular weight excluding hydrogens is 131 g/mol. The Morgan fingerprint density at radius 1 is 1.50 bits per heavy atom. The Balaban J connectivity index is 2.33. The zero-order valence-electron chi connectivity index (χ0n) is 6.39. The third kappa shape index (κ3) is 1.69. The van der Waals surface area contributed by atoms with Crippen LogP contribution in [-0.2, 0) is 0 Å². The second-order valence-electron chi connectivity index (χ2n) is 3.17. The van der Waals surface area contributed by atoms with Gasteiger partial charge < -0.3 is 5.11 Å². The van der Waals surface area contributed by atoms with Crippen molar-refractivity contribution in [2.45, 2.75) is 44.9 Å². The van der Waals surface area contributed by atoms with Crippen LogP contribution in [0.4, 0.5) is 4.39 Å². The zero-order chi connectivity index (χ0) is 7.56. The number of alkyl halides is 1. The molecule has 0 bridgehead atoms. The first-order valence-corrected chi connectivity index (χ1v) is 4.06. The minimum absolute atomic E-state index is 0.512. The van der Waals surface area contributed by atoms with Crippen molar-refractivity contribution in [3.8, 4) is 0 Å². The van der Waals surface area contributed by atoms with Crippen LogP contribution in [0.5, 0.6) is 0 Å². The first-order valence-electron chi connectivity index (χ1n) is 4.06. The highest BCUT2D eigenvalue weighted by molar-refractivity contribution is 4.78. The maximum absolute atomic E-state index is 12.8. The molecule has 0 aliphatic heterocycles. The molecule has 0 spiro atoms. The molecule has 60 valence electrons. The lowest BCUT2D eigenvalue weighted by molar-refractivity contribution is 0.0239. The highest BCUT2D eigenvalue weighted by Crippen LogP contribution is 2.28. The fourth-order valence-corrected chi connectivity index (χ4v) is 1.55. The third-order valence-corrected chi connectivity index (χ3v) is 2.42. The molecule has 2 heteroatoms. The first kappa shape index (κ1) is 7.99. The number of aliphatic hydroxyl groups is 1. The van der Waals surface area contributed by atoms with Crippen molar-refractivity contribution < 1.29 is 9.50 Å². The van der Waals surface area contributed by atoms with Gasteiger partial charge in [-0.25, -0.2) is 4.39 Å². The average molecular weight is 146 g/mol. The molecule has 1 fully saturated rings. The van der Waals surface area contributed by atoms with Crippen LogP contribution in [-0.4, -0.2) is 17.4 Å². The molecule has 1 aliphatic rings. The van der Waals surface area contributed by atoms with E-state index in [9.17, 15) is 4.39 Å². The zero-order valence-corrected chi connectivity index (χ0v) is 6.39. The van der Waals surface area contributed by atoms with E-state index in [1.165, 1.54) is 0 Å². The second-order valence-corrected chi connectivity index (χ2v) is 3.17. The Hall–Kier alpha value is -0.110. The van der Waals surface area contributed by atoms with Crippen LogP contribution in [0.1, 0.15) is 32.6 Å². The molecule has 0 aromatic carbocycles. The number of rotatable bonds is 1. The first-order chi connectivity index (χ1) is 4.74. The van der Waals surface area contributed by atoms with Crippen molar-refractivity contribution in [2.75, 3.05) is 0 Å². The van der Waals surface area contributed by atoms with Crippen LogP contribution < -0.4 is 0 Å². The molecule has 1 rings (SSSR count). The van der Waals surface area contributed by atoms with Gasteiger partial charge in [-0.3, -0.25) is 0 Å². The molecule has 1 saturated carbocycles. The topological polar surface area (TPSA) is 20.2 Å². The Kier molecular flexibility index (Phi) is 2.66. The van der Waals surface area contributed by atoms with Gasteiger partial charge in [0, 0.05) is 0 Å². The highest BCUT2D eigenvalue weighted by Gasteiger charge is 2.27. The highest BCUT2D eigenvalue weighted by atomic mass is 19.1.